The van der Waals surface area contributed by atoms with Crippen LogP contribution in [0, 0.1) is 12.7 Å². The number of rotatable bonds is 4. The van der Waals surface area contributed by atoms with Crippen LogP contribution in [0.3, 0.4) is 0 Å². The molecule has 1 rings (SSSR count). The molecule has 1 aromatic carbocycles. The van der Waals surface area contributed by atoms with Crippen LogP contribution < -0.4 is 0 Å². The summed E-state index contributed by atoms with van der Waals surface area (Å²) in [4.78, 5) is 10.5. The van der Waals surface area contributed by atoms with Gasteiger partial charge in [-0.1, -0.05) is 6.07 Å². The first-order valence-corrected chi connectivity index (χ1v) is 4.60. The summed E-state index contributed by atoms with van der Waals surface area (Å²) in [6, 6.07) is 4.32. The van der Waals surface area contributed by atoms with Gasteiger partial charge >= 0.3 is 5.97 Å². The fourth-order valence-electron chi connectivity index (χ4n) is 1.11. The molecular formula is C11H13FO3. The van der Waals surface area contributed by atoms with Crippen LogP contribution in [0.25, 0.3) is 0 Å². The smallest absolute Gasteiger partial charge is 0.332 e. The van der Waals surface area contributed by atoms with Crippen LogP contribution in [0.15, 0.2) is 18.2 Å². The van der Waals surface area contributed by atoms with Crippen molar-refractivity contribution in [2.75, 3.05) is 0 Å². The van der Waals surface area contributed by atoms with Gasteiger partial charge in [-0.15, -0.1) is 0 Å². The van der Waals surface area contributed by atoms with Crippen LogP contribution in [0.2, 0.25) is 0 Å². The summed E-state index contributed by atoms with van der Waals surface area (Å²) in [6.45, 7) is 3.40. The van der Waals surface area contributed by atoms with Crippen molar-refractivity contribution in [1.82, 2.24) is 0 Å². The van der Waals surface area contributed by atoms with Crippen molar-refractivity contribution < 1.29 is 19.0 Å². The van der Waals surface area contributed by atoms with E-state index in [0.29, 0.717) is 0 Å². The molecule has 0 aliphatic carbocycles. The fourth-order valence-corrected chi connectivity index (χ4v) is 1.11. The maximum absolute atomic E-state index is 12.7. The highest BCUT2D eigenvalue weighted by Crippen LogP contribution is 2.12. The zero-order chi connectivity index (χ0) is 11.4. The molecule has 0 aromatic heterocycles. The molecule has 15 heavy (non-hydrogen) atoms. The predicted molar refractivity (Wildman–Crippen MR) is 53.0 cm³/mol. The average Bonchev–Trinajstić information content (AvgIpc) is 2.15. The van der Waals surface area contributed by atoms with Crippen molar-refractivity contribution in [3.05, 3.63) is 35.1 Å². The van der Waals surface area contributed by atoms with Crippen molar-refractivity contribution in [3.8, 4) is 0 Å². The van der Waals surface area contributed by atoms with Gasteiger partial charge in [-0.05, 0) is 37.1 Å². The van der Waals surface area contributed by atoms with E-state index in [4.69, 9.17) is 9.84 Å². The third-order valence-corrected chi connectivity index (χ3v) is 2.14. The molecule has 0 bridgehead atoms. The van der Waals surface area contributed by atoms with Crippen LogP contribution >= 0.6 is 0 Å². The minimum Gasteiger partial charge on any atom is -0.479 e. The summed E-state index contributed by atoms with van der Waals surface area (Å²) in [5, 5.41) is 8.59. The topological polar surface area (TPSA) is 46.5 Å². The van der Waals surface area contributed by atoms with E-state index in [0.717, 1.165) is 11.1 Å². The van der Waals surface area contributed by atoms with Crippen molar-refractivity contribution in [3.63, 3.8) is 0 Å². The number of benzene rings is 1. The molecule has 0 aliphatic heterocycles. The van der Waals surface area contributed by atoms with Crippen LogP contribution in [0.5, 0.6) is 0 Å². The number of hydrogen-bond donors (Lipinski definition) is 1. The van der Waals surface area contributed by atoms with Crippen molar-refractivity contribution in [2.24, 2.45) is 0 Å². The zero-order valence-electron chi connectivity index (χ0n) is 8.66. The standard InChI is InChI=1S/C11H13FO3/c1-7-5-10(12)4-3-9(7)6-15-8(2)11(13)14/h3-5,8H,6H2,1-2H3,(H,13,14). The molecule has 0 saturated carbocycles. The summed E-state index contributed by atoms with van der Waals surface area (Å²) in [7, 11) is 0. The van der Waals surface area contributed by atoms with Crippen molar-refractivity contribution >= 4 is 5.97 Å². The first kappa shape index (κ1) is 11.7. The summed E-state index contributed by atoms with van der Waals surface area (Å²) < 4.78 is 17.8. The maximum Gasteiger partial charge on any atom is 0.332 e. The van der Waals surface area contributed by atoms with Crippen molar-refractivity contribution in [1.29, 1.82) is 0 Å². The highest BCUT2D eigenvalue weighted by Gasteiger charge is 2.11. The Morgan fingerprint density at radius 2 is 2.27 bits per heavy atom. The minimum absolute atomic E-state index is 0.180. The molecule has 82 valence electrons. The Bertz CT molecular complexity index is 363. The molecule has 0 aliphatic rings. The Morgan fingerprint density at radius 1 is 1.60 bits per heavy atom. The molecule has 0 radical (unpaired) electrons. The van der Waals surface area contributed by atoms with E-state index < -0.39 is 12.1 Å². The van der Waals surface area contributed by atoms with Gasteiger partial charge in [0.25, 0.3) is 0 Å². The second kappa shape index (κ2) is 4.89. The highest BCUT2D eigenvalue weighted by molar-refractivity contribution is 5.71. The molecule has 3 nitrogen and oxygen atoms in total. The maximum atomic E-state index is 12.7. The molecule has 1 unspecified atom stereocenters. The quantitative estimate of drug-likeness (QED) is 0.831. The molecular weight excluding hydrogens is 199 g/mol. The molecule has 0 spiro atoms. The van der Waals surface area contributed by atoms with Gasteiger partial charge in [-0.2, -0.15) is 0 Å². The van der Waals surface area contributed by atoms with Crippen LogP contribution in [0.4, 0.5) is 4.39 Å². The summed E-state index contributed by atoms with van der Waals surface area (Å²) in [5.74, 6) is -1.31. The highest BCUT2D eigenvalue weighted by atomic mass is 19.1. The predicted octanol–water partition coefficient (Wildman–Crippen LogP) is 2.12. The van der Waals surface area contributed by atoms with Crippen LogP contribution in [-0.4, -0.2) is 17.2 Å². The van der Waals surface area contributed by atoms with Gasteiger partial charge in [0.05, 0.1) is 6.61 Å². The monoisotopic (exact) mass is 212 g/mol. The summed E-state index contributed by atoms with van der Waals surface area (Å²) in [5.41, 5.74) is 1.55. The van der Waals surface area contributed by atoms with E-state index in [1.165, 1.54) is 19.1 Å². The molecule has 4 heteroatoms. The number of aryl methyl sites for hydroxylation is 1. The average molecular weight is 212 g/mol. The number of ether oxygens (including phenoxy) is 1. The molecule has 0 amide bonds. The lowest BCUT2D eigenvalue weighted by Gasteiger charge is -2.10. The Balaban J connectivity index is 2.62. The van der Waals surface area contributed by atoms with E-state index in [-0.39, 0.29) is 12.4 Å². The van der Waals surface area contributed by atoms with Gasteiger partial charge in [-0.25, -0.2) is 9.18 Å². The number of carboxylic acid groups (broad SMARTS) is 1. The first-order chi connectivity index (χ1) is 7.00. The Kier molecular flexibility index (Phi) is 3.80. The Hall–Kier alpha value is -1.42. The zero-order valence-corrected chi connectivity index (χ0v) is 8.66. The van der Waals surface area contributed by atoms with Gasteiger partial charge in [0.2, 0.25) is 0 Å². The van der Waals surface area contributed by atoms with E-state index in [9.17, 15) is 9.18 Å². The van der Waals surface area contributed by atoms with Gasteiger partial charge in [0.15, 0.2) is 6.10 Å². The Labute approximate surface area is 87.5 Å². The number of halogens is 1. The van der Waals surface area contributed by atoms with E-state index in [1.54, 1.807) is 13.0 Å². The second-order valence-corrected chi connectivity index (χ2v) is 3.36. The molecule has 1 N–H and O–H groups in total. The van der Waals surface area contributed by atoms with Gasteiger partial charge in [0.1, 0.15) is 5.82 Å². The fraction of sp³-hybridized carbons (Fsp3) is 0.364. The van der Waals surface area contributed by atoms with E-state index in [2.05, 4.69) is 0 Å². The summed E-state index contributed by atoms with van der Waals surface area (Å²) >= 11 is 0. The second-order valence-electron chi connectivity index (χ2n) is 3.36. The molecule has 1 atom stereocenters. The van der Waals surface area contributed by atoms with Gasteiger partial charge in [0, 0.05) is 0 Å². The lowest BCUT2D eigenvalue weighted by Crippen LogP contribution is -2.19. The molecule has 0 heterocycles. The Morgan fingerprint density at radius 3 is 2.80 bits per heavy atom. The normalized spacial score (nSPS) is 12.5. The largest absolute Gasteiger partial charge is 0.479 e. The summed E-state index contributed by atoms with van der Waals surface area (Å²) in [6.07, 6.45) is -0.852. The van der Waals surface area contributed by atoms with Crippen LogP contribution in [-0.2, 0) is 16.1 Å². The number of carboxylic acids is 1. The van der Waals surface area contributed by atoms with Gasteiger partial charge < -0.3 is 9.84 Å². The SMILES string of the molecule is Cc1cc(F)ccc1COC(C)C(=O)O. The third kappa shape index (κ3) is 3.32. The lowest BCUT2D eigenvalue weighted by molar-refractivity contribution is -0.149. The first-order valence-electron chi connectivity index (χ1n) is 4.60. The van der Waals surface area contributed by atoms with Gasteiger partial charge in [-0.3, -0.25) is 0 Å². The number of carbonyl (C=O) groups is 1. The third-order valence-electron chi connectivity index (χ3n) is 2.14. The minimum atomic E-state index is -1.00. The van der Waals surface area contributed by atoms with E-state index >= 15 is 0 Å². The molecule has 1 aromatic rings. The van der Waals surface area contributed by atoms with E-state index in [1.807, 2.05) is 0 Å². The van der Waals surface area contributed by atoms with Crippen LogP contribution in [0.1, 0.15) is 18.1 Å². The molecule has 0 saturated heterocycles. The number of hydrogen-bond acceptors (Lipinski definition) is 2. The molecule has 0 fully saturated rings. The van der Waals surface area contributed by atoms with Crippen molar-refractivity contribution in [2.45, 2.75) is 26.6 Å². The lowest BCUT2D eigenvalue weighted by atomic mass is 10.1. The number of aliphatic carboxylic acids is 1.